The van der Waals surface area contributed by atoms with Crippen molar-refractivity contribution in [3.05, 3.63) is 113 Å². The van der Waals surface area contributed by atoms with Crippen molar-refractivity contribution in [1.29, 1.82) is 0 Å². The lowest BCUT2D eigenvalue weighted by Crippen LogP contribution is -2.20. The Morgan fingerprint density at radius 3 is 2.50 bits per heavy atom. The Balaban J connectivity index is 1.30. The fourth-order valence-electron chi connectivity index (χ4n) is 3.67. The minimum atomic E-state index is -0.136. The number of aryl methyl sites for hydroxylation is 2. The molecule has 0 aromatic heterocycles. The van der Waals surface area contributed by atoms with Gasteiger partial charge in [0.05, 0.1) is 12.6 Å². The van der Waals surface area contributed by atoms with Crippen LogP contribution in [0.4, 0.5) is 0 Å². The minimum Gasteiger partial charge on any atom is -0.489 e. The molecule has 0 atom stereocenters. The average molecular weight is 423 g/mol. The maximum Gasteiger partial charge on any atom is 0.244 e. The first-order valence-corrected chi connectivity index (χ1v) is 10.7. The molecule has 0 saturated heterocycles. The Morgan fingerprint density at radius 2 is 1.69 bits per heavy atom. The molecule has 4 aromatic rings. The van der Waals surface area contributed by atoms with E-state index in [-0.39, 0.29) is 5.91 Å². The van der Waals surface area contributed by atoms with Crippen molar-refractivity contribution in [2.45, 2.75) is 26.9 Å². The van der Waals surface area contributed by atoms with E-state index >= 15 is 0 Å². The van der Waals surface area contributed by atoms with Crippen LogP contribution in [0.2, 0.25) is 0 Å². The third-order valence-corrected chi connectivity index (χ3v) is 5.41. The summed E-state index contributed by atoms with van der Waals surface area (Å²) in [6.45, 7) is 4.56. The number of rotatable bonds is 7. The van der Waals surface area contributed by atoms with Crippen molar-refractivity contribution < 1.29 is 9.53 Å². The molecule has 0 unspecified atom stereocenters. The first kappa shape index (κ1) is 21.3. The topological polar surface area (TPSA) is 50.7 Å². The Labute approximate surface area is 188 Å². The van der Waals surface area contributed by atoms with Crippen molar-refractivity contribution in [2.75, 3.05) is 0 Å². The number of hydrazone groups is 1. The van der Waals surface area contributed by atoms with Gasteiger partial charge in [0.25, 0.3) is 0 Å². The van der Waals surface area contributed by atoms with Gasteiger partial charge in [-0.05, 0) is 71.1 Å². The Morgan fingerprint density at radius 1 is 0.906 bits per heavy atom. The fraction of sp³-hybridized carbons (Fsp3) is 0.143. The van der Waals surface area contributed by atoms with E-state index in [2.05, 4.69) is 46.9 Å². The second kappa shape index (κ2) is 9.92. The van der Waals surface area contributed by atoms with Crippen LogP contribution in [0.25, 0.3) is 10.8 Å². The molecule has 4 aromatic carbocycles. The molecule has 0 aliphatic carbocycles. The fourth-order valence-corrected chi connectivity index (χ4v) is 3.67. The summed E-state index contributed by atoms with van der Waals surface area (Å²) in [5.41, 5.74) is 7.95. The number of hydrogen-bond donors (Lipinski definition) is 1. The van der Waals surface area contributed by atoms with Crippen LogP contribution >= 0.6 is 0 Å². The molecule has 0 heterocycles. The zero-order chi connectivity index (χ0) is 22.3. The summed E-state index contributed by atoms with van der Waals surface area (Å²) in [4.78, 5) is 12.2. The van der Waals surface area contributed by atoms with Gasteiger partial charge in [-0.3, -0.25) is 4.79 Å². The third kappa shape index (κ3) is 5.41. The normalized spacial score (nSPS) is 11.1. The molecule has 160 valence electrons. The second-order valence-electron chi connectivity index (χ2n) is 7.90. The van der Waals surface area contributed by atoms with E-state index in [4.69, 9.17) is 4.74 Å². The predicted octanol–water partition coefficient (Wildman–Crippen LogP) is 5.73. The zero-order valence-electron chi connectivity index (χ0n) is 18.3. The van der Waals surface area contributed by atoms with Gasteiger partial charge in [0, 0.05) is 0 Å². The summed E-state index contributed by atoms with van der Waals surface area (Å²) in [5.74, 6) is 0.650. The quantitative estimate of drug-likeness (QED) is 0.305. The highest BCUT2D eigenvalue weighted by atomic mass is 16.5. The number of carbonyl (C=O) groups excluding carboxylic acids is 1. The van der Waals surface area contributed by atoms with Crippen LogP contribution in [0.5, 0.6) is 5.75 Å². The van der Waals surface area contributed by atoms with Crippen LogP contribution in [0, 0.1) is 13.8 Å². The van der Waals surface area contributed by atoms with E-state index in [0.29, 0.717) is 13.0 Å². The van der Waals surface area contributed by atoms with Gasteiger partial charge in [-0.2, -0.15) is 5.10 Å². The molecule has 32 heavy (non-hydrogen) atoms. The molecule has 0 spiro atoms. The van der Waals surface area contributed by atoms with Gasteiger partial charge in [0.15, 0.2) is 0 Å². The molecule has 1 N–H and O–H groups in total. The van der Waals surface area contributed by atoms with Gasteiger partial charge in [-0.25, -0.2) is 5.43 Å². The van der Waals surface area contributed by atoms with E-state index in [1.807, 2.05) is 62.4 Å². The van der Waals surface area contributed by atoms with Crippen LogP contribution in [0.15, 0.2) is 90.0 Å². The van der Waals surface area contributed by atoms with Crippen molar-refractivity contribution in [2.24, 2.45) is 5.10 Å². The van der Waals surface area contributed by atoms with Gasteiger partial charge in [0.1, 0.15) is 12.4 Å². The summed E-state index contributed by atoms with van der Waals surface area (Å²) in [6.07, 6.45) is 1.94. The number of ether oxygens (including phenoxy) is 1. The van der Waals surface area contributed by atoms with Crippen LogP contribution in [-0.2, 0) is 17.8 Å². The summed E-state index contributed by atoms with van der Waals surface area (Å²) < 4.78 is 5.97. The number of hydrogen-bond acceptors (Lipinski definition) is 3. The number of benzene rings is 4. The van der Waals surface area contributed by atoms with Crippen LogP contribution in [0.1, 0.15) is 27.8 Å². The molecule has 4 nitrogen and oxygen atoms in total. The smallest absolute Gasteiger partial charge is 0.244 e. The molecule has 0 aliphatic rings. The van der Waals surface area contributed by atoms with Crippen molar-refractivity contribution in [1.82, 2.24) is 5.43 Å². The first-order chi connectivity index (χ1) is 15.6. The van der Waals surface area contributed by atoms with Gasteiger partial charge >= 0.3 is 0 Å². The Kier molecular flexibility index (Phi) is 6.61. The monoisotopic (exact) mass is 422 g/mol. The molecule has 0 radical (unpaired) electrons. The van der Waals surface area contributed by atoms with Crippen molar-refractivity contribution >= 4 is 22.9 Å². The van der Waals surface area contributed by atoms with Crippen molar-refractivity contribution in [3.8, 4) is 5.75 Å². The van der Waals surface area contributed by atoms with Crippen LogP contribution in [0.3, 0.4) is 0 Å². The molecule has 4 heteroatoms. The zero-order valence-corrected chi connectivity index (χ0v) is 18.3. The summed E-state index contributed by atoms with van der Waals surface area (Å²) in [6, 6.07) is 28.3. The molecule has 0 bridgehead atoms. The number of nitrogens with one attached hydrogen (secondary N) is 1. The summed E-state index contributed by atoms with van der Waals surface area (Å²) >= 11 is 0. The molecular weight excluding hydrogens is 396 g/mol. The second-order valence-corrected chi connectivity index (χ2v) is 7.90. The van der Waals surface area contributed by atoms with Gasteiger partial charge in [-0.15, -0.1) is 0 Å². The van der Waals surface area contributed by atoms with E-state index in [0.717, 1.165) is 28.0 Å². The lowest BCUT2D eigenvalue weighted by atomic mass is 10.0. The first-order valence-electron chi connectivity index (χ1n) is 10.7. The third-order valence-electron chi connectivity index (χ3n) is 5.41. The Hall–Kier alpha value is -3.92. The summed E-state index contributed by atoms with van der Waals surface area (Å²) in [7, 11) is 0. The molecule has 0 fully saturated rings. The Bertz CT molecular complexity index is 1250. The van der Waals surface area contributed by atoms with Crippen LogP contribution in [-0.4, -0.2) is 12.1 Å². The summed E-state index contributed by atoms with van der Waals surface area (Å²) in [5, 5.41) is 6.49. The molecule has 0 aliphatic heterocycles. The molecule has 1 amide bonds. The van der Waals surface area contributed by atoms with E-state index in [9.17, 15) is 4.79 Å². The standard InChI is InChI=1S/C28H26N2O2/c1-20-10-13-24(21(2)16-20)17-28(31)30-29-18-22-11-14-26(15-12-22)32-19-25-8-5-7-23-6-3-4-9-27(23)25/h3-16,18H,17,19H2,1-2H3,(H,30,31)/b29-18-. The number of amides is 1. The largest absolute Gasteiger partial charge is 0.489 e. The van der Waals surface area contributed by atoms with Gasteiger partial charge < -0.3 is 4.74 Å². The SMILES string of the molecule is Cc1ccc(CC(=O)N/N=C\c2ccc(OCc3cccc4ccccc34)cc2)c(C)c1. The average Bonchev–Trinajstić information content (AvgIpc) is 2.80. The maximum absolute atomic E-state index is 12.2. The minimum absolute atomic E-state index is 0.136. The highest BCUT2D eigenvalue weighted by Gasteiger charge is 2.05. The molecule has 4 rings (SSSR count). The van der Waals surface area contributed by atoms with E-state index in [1.54, 1.807) is 6.21 Å². The number of nitrogens with zero attached hydrogens (tertiary/aromatic N) is 1. The van der Waals surface area contributed by atoms with Gasteiger partial charge in [0.2, 0.25) is 5.91 Å². The molecule has 0 saturated carbocycles. The highest BCUT2D eigenvalue weighted by Crippen LogP contribution is 2.21. The highest BCUT2D eigenvalue weighted by molar-refractivity contribution is 5.85. The van der Waals surface area contributed by atoms with Crippen molar-refractivity contribution in [3.63, 3.8) is 0 Å². The lowest BCUT2D eigenvalue weighted by molar-refractivity contribution is -0.120. The number of carbonyl (C=O) groups is 1. The van der Waals surface area contributed by atoms with Crippen LogP contribution < -0.4 is 10.2 Å². The van der Waals surface area contributed by atoms with Gasteiger partial charge in [-0.1, -0.05) is 66.2 Å². The number of fused-ring (bicyclic) bond motifs is 1. The predicted molar refractivity (Wildman–Crippen MR) is 130 cm³/mol. The maximum atomic E-state index is 12.2. The molecular formula is C28H26N2O2. The van der Waals surface area contributed by atoms with E-state index < -0.39 is 0 Å². The van der Waals surface area contributed by atoms with E-state index in [1.165, 1.54) is 16.3 Å². The lowest BCUT2D eigenvalue weighted by Gasteiger charge is -2.09.